The van der Waals surface area contributed by atoms with Crippen LogP contribution in [0.15, 0.2) is 11.2 Å². The molecule has 192 valence electrons. The van der Waals surface area contributed by atoms with Gasteiger partial charge in [0.1, 0.15) is 16.1 Å². The summed E-state index contributed by atoms with van der Waals surface area (Å²) < 4.78 is 25.2. The number of esters is 1. The standard InChI is InChI=1S/C25H28ClFN4O4S/c1-25(2,3)35-24(33)31-12-13-10-16(31)19(13)29-20-14(8-6-7-9-17(32)34-4)23(36-5)30-21-15(20)11-28-22(26)18(21)27/h11,13,16,19H,7,9-10,12H2,1-5H3,(H,29,30). The van der Waals surface area contributed by atoms with E-state index >= 15 is 0 Å². The maximum atomic E-state index is 14.9. The molecule has 2 aromatic rings. The van der Waals surface area contributed by atoms with Crippen LogP contribution < -0.4 is 5.32 Å². The van der Waals surface area contributed by atoms with E-state index in [4.69, 9.17) is 16.3 Å². The first-order chi connectivity index (χ1) is 17.0. The average molecular weight is 535 g/mol. The highest BCUT2D eigenvalue weighted by atomic mass is 35.5. The summed E-state index contributed by atoms with van der Waals surface area (Å²) in [7, 11) is 1.33. The van der Waals surface area contributed by atoms with Crippen LogP contribution in [-0.4, -0.2) is 64.5 Å². The van der Waals surface area contributed by atoms with Gasteiger partial charge in [0.25, 0.3) is 0 Å². The van der Waals surface area contributed by atoms with E-state index in [-0.39, 0.29) is 47.2 Å². The van der Waals surface area contributed by atoms with Crippen LogP contribution >= 0.6 is 23.4 Å². The normalized spacial score (nSPS) is 20.4. The first-order valence-electron chi connectivity index (χ1n) is 11.6. The number of fused-ring (bicyclic) bond motifs is 2. The number of hydrogen-bond acceptors (Lipinski definition) is 8. The number of anilines is 1. The van der Waals surface area contributed by atoms with Gasteiger partial charge < -0.3 is 19.7 Å². The van der Waals surface area contributed by atoms with Crippen molar-refractivity contribution in [3.63, 3.8) is 0 Å². The molecule has 8 nitrogen and oxygen atoms in total. The fourth-order valence-electron chi connectivity index (χ4n) is 4.51. The zero-order chi connectivity index (χ0) is 26.2. The van der Waals surface area contributed by atoms with Crippen LogP contribution in [0.1, 0.15) is 45.6 Å². The summed E-state index contributed by atoms with van der Waals surface area (Å²) in [5.74, 6) is 5.28. The van der Waals surface area contributed by atoms with Gasteiger partial charge in [0, 0.05) is 30.5 Å². The molecule has 2 saturated heterocycles. The monoisotopic (exact) mass is 534 g/mol. The number of methoxy groups -OCH3 is 1. The smallest absolute Gasteiger partial charge is 0.410 e. The van der Waals surface area contributed by atoms with Crippen molar-refractivity contribution in [2.24, 2.45) is 5.92 Å². The summed E-state index contributed by atoms with van der Waals surface area (Å²) in [4.78, 5) is 34.4. The lowest BCUT2D eigenvalue weighted by molar-refractivity contribution is -0.140. The number of carbonyl (C=O) groups is 2. The molecule has 1 N–H and O–H groups in total. The number of nitrogens with one attached hydrogen (secondary N) is 1. The molecule has 1 aliphatic carbocycles. The molecule has 1 amide bonds. The van der Waals surface area contributed by atoms with Crippen LogP contribution in [-0.2, 0) is 14.3 Å². The first-order valence-corrected chi connectivity index (χ1v) is 13.2. The molecule has 36 heavy (non-hydrogen) atoms. The summed E-state index contributed by atoms with van der Waals surface area (Å²) in [6.07, 6.45) is 4.28. The SMILES string of the molecule is COC(=O)CCC#Cc1c(SC)nc2c(F)c(Cl)ncc2c1NC1C2CC1N(C(=O)OC(C)(C)C)C2. The Morgan fingerprint density at radius 1 is 1.39 bits per heavy atom. The van der Waals surface area contributed by atoms with E-state index in [1.165, 1.54) is 25.1 Å². The number of aromatic nitrogens is 2. The van der Waals surface area contributed by atoms with Crippen LogP contribution in [0, 0.1) is 23.6 Å². The van der Waals surface area contributed by atoms with Gasteiger partial charge in [-0.25, -0.2) is 19.2 Å². The molecule has 0 aromatic carbocycles. The van der Waals surface area contributed by atoms with Gasteiger partial charge in [-0.1, -0.05) is 23.4 Å². The molecule has 4 heterocycles. The lowest BCUT2D eigenvalue weighted by Gasteiger charge is -2.38. The largest absolute Gasteiger partial charge is 0.469 e. The maximum Gasteiger partial charge on any atom is 0.410 e. The minimum Gasteiger partial charge on any atom is -0.469 e. The van der Waals surface area contributed by atoms with E-state index in [0.717, 1.165) is 6.42 Å². The molecule has 0 radical (unpaired) electrons. The van der Waals surface area contributed by atoms with Gasteiger partial charge in [0.15, 0.2) is 11.0 Å². The van der Waals surface area contributed by atoms with Crippen molar-refractivity contribution in [2.75, 3.05) is 25.2 Å². The van der Waals surface area contributed by atoms with Crippen LogP contribution in [0.25, 0.3) is 10.9 Å². The van der Waals surface area contributed by atoms with Gasteiger partial charge in [0.05, 0.1) is 36.9 Å². The summed E-state index contributed by atoms with van der Waals surface area (Å²) in [6, 6.07) is -0.122. The van der Waals surface area contributed by atoms with Crippen LogP contribution in [0.5, 0.6) is 0 Å². The van der Waals surface area contributed by atoms with Crippen molar-refractivity contribution in [3.05, 3.63) is 22.7 Å². The molecule has 2 aromatic heterocycles. The number of carbonyl (C=O) groups excluding carboxylic acids is 2. The Kier molecular flexibility index (Phi) is 7.53. The Labute approximate surface area is 218 Å². The molecule has 1 saturated carbocycles. The van der Waals surface area contributed by atoms with Crippen molar-refractivity contribution in [1.82, 2.24) is 14.9 Å². The molecule has 5 rings (SSSR count). The fourth-order valence-corrected chi connectivity index (χ4v) is 5.19. The van der Waals surface area contributed by atoms with Crippen molar-refractivity contribution < 1.29 is 23.5 Å². The summed E-state index contributed by atoms with van der Waals surface area (Å²) in [6.45, 7) is 6.10. The molecule has 3 unspecified atom stereocenters. The first kappa shape index (κ1) is 26.3. The van der Waals surface area contributed by atoms with E-state index in [9.17, 15) is 14.0 Å². The summed E-state index contributed by atoms with van der Waals surface area (Å²) in [5, 5.41) is 4.24. The molecular weight excluding hydrogens is 507 g/mol. The number of ether oxygens (including phenoxy) is 2. The fraction of sp³-hybridized carbons (Fsp3) is 0.520. The molecular formula is C25H28ClFN4O4S. The minimum atomic E-state index is -0.704. The van der Waals surface area contributed by atoms with Crippen LogP contribution in [0.4, 0.5) is 14.9 Å². The molecule has 2 bridgehead atoms. The number of rotatable bonds is 5. The molecule has 0 spiro atoms. The third kappa shape index (κ3) is 5.18. The van der Waals surface area contributed by atoms with E-state index in [1.54, 1.807) is 4.90 Å². The van der Waals surface area contributed by atoms with E-state index in [0.29, 0.717) is 34.6 Å². The van der Waals surface area contributed by atoms with Gasteiger partial charge in [-0.05, 0) is 33.4 Å². The number of halogens is 2. The predicted molar refractivity (Wildman–Crippen MR) is 137 cm³/mol. The van der Waals surface area contributed by atoms with E-state index < -0.39 is 11.4 Å². The van der Waals surface area contributed by atoms with Crippen LogP contribution in [0.3, 0.4) is 0 Å². The van der Waals surface area contributed by atoms with Crippen molar-refractivity contribution in [1.29, 1.82) is 0 Å². The number of pyridine rings is 2. The quantitative estimate of drug-likeness (QED) is 0.251. The highest BCUT2D eigenvalue weighted by Crippen LogP contribution is 2.45. The molecule has 3 fully saturated rings. The Hall–Kier alpha value is -2.77. The lowest BCUT2D eigenvalue weighted by atomic mass is 9.79. The highest BCUT2D eigenvalue weighted by Gasteiger charge is 2.55. The van der Waals surface area contributed by atoms with Gasteiger partial charge in [-0.2, -0.15) is 0 Å². The Morgan fingerprint density at radius 3 is 2.81 bits per heavy atom. The molecule has 3 atom stereocenters. The molecule has 11 heteroatoms. The second-order valence-electron chi connectivity index (χ2n) is 9.74. The number of nitrogens with zero attached hydrogens (tertiary/aromatic N) is 3. The second kappa shape index (κ2) is 10.3. The number of hydrogen-bond donors (Lipinski definition) is 1. The third-order valence-electron chi connectivity index (χ3n) is 6.22. The van der Waals surface area contributed by atoms with E-state index in [2.05, 4.69) is 31.9 Å². The number of thioether (sulfide) groups is 1. The average Bonchev–Trinajstić information content (AvgIpc) is 3.42. The number of amides is 1. The predicted octanol–water partition coefficient (Wildman–Crippen LogP) is 4.87. The summed E-state index contributed by atoms with van der Waals surface area (Å²) in [5.41, 5.74) is 0.677. The Bertz CT molecular complexity index is 1270. The Morgan fingerprint density at radius 2 is 2.14 bits per heavy atom. The van der Waals surface area contributed by atoms with Crippen LogP contribution in [0.2, 0.25) is 5.15 Å². The third-order valence-corrected chi connectivity index (χ3v) is 7.17. The van der Waals surface area contributed by atoms with Gasteiger partial charge in [-0.15, -0.1) is 11.8 Å². The van der Waals surface area contributed by atoms with Gasteiger partial charge >= 0.3 is 12.1 Å². The minimum absolute atomic E-state index is 0.0592. The van der Waals surface area contributed by atoms with Crippen molar-refractivity contribution in [2.45, 2.75) is 62.7 Å². The highest BCUT2D eigenvalue weighted by molar-refractivity contribution is 7.98. The van der Waals surface area contributed by atoms with Crippen molar-refractivity contribution >= 4 is 52.0 Å². The molecule has 2 aliphatic heterocycles. The Balaban J connectivity index is 1.70. The topological polar surface area (TPSA) is 93.6 Å². The summed E-state index contributed by atoms with van der Waals surface area (Å²) >= 11 is 7.27. The maximum absolute atomic E-state index is 14.9. The molecule has 3 aliphatic rings. The zero-order valence-electron chi connectivity index (χ0n) is 20.8. The van der Waals surface area contributed by atoms with Gasteiger partial charge in [0.2, 0.25) is 0 Å². The lowest BCUT2D eigenvalue weighted by Crippen LogP contribution is -2.50. The van der Waals surface area contributed by atoms with Gasteiger partial charge in [-0.3, -0.25) is 4.79 Å². The van der Waals surface area contributed by atoms with E-state index in [1.807, 2.05) is 27.0 Å². The van der Waals surface area contributed by atoms with Crippen molar-refractivity contribution in [3.8, 4) is 11.8 Å². The second-order valence-corrected chi connectivity index (χ2v) is 10.9. The zero-order valence-corrected chi connectivity index (χ0v) is 22.3.